The van der Waals surface area contributed by atoms with Crippen LogP contribution in [0.15, 0.2) is 48.0 Å². The number of nitrogens with one attached hydrogen (secondary N) is 2. The fourth-order valence-electron chi connectivity index (χ4n) is 4.46. The van der Waals surface area contributed by atoms with E-state index in [0.29, 0.717) is 17.9 Å². The average molecular weight is 625 g/mol. The maximum Gasteiger partial charge on any atom is 0.416 e. The number of rotatable bonds is 10. The summed E-state index contributed by atoms with van der Waals surface area (Å²) in [6, 6.07) is 8.15. The van der Waals surface area contributed by atoms with Crippen LogP contribution >= 0.6 is 0 Å². The Morgan fingerprint density at radius 1 is 1.02 bits per heavy atom. The van der Waals surface area contributed by atoms with Gasteiger partial charge in [-0.1, -0.05) is 29.8 Å². The van der Waals surface area contributed by atoms with E-state index in [1.807, 2.05) is 0 Å². The summed E-state index contributed by atoms with van der Waals surface area (Å²) in [5.74, 6) is -4.63. The van der Waals surface area contributed by atoms with Crippen LogP contribution in [0.1, 0.15) is 48.8 Å². The van der Waals surface area contributed by atoms with Crippen molar-refractivity contribution < 1.29 is 53.5 Å². The van der Waals surface area contributed by atoms with Crippen molar-refractivity contribution in [3.8, 4) is 5.75 Å². The van der Waals surface area contributed by atoms with E-state index < -0.39 is 75.1 Å². The van der Waals surface area contributed by atoms with Gasteiger partial charge in [0.15, 0.2) is 5.54 Å². The molecular formula is C27H27F7N2O5S. The molecule has 7 nitrogen and oxygen atoms in total. The van der Waals surface area contributed by atoms with E-state index in [4.69, 9.17) is 4.74 Å². The maximum atomic E-state index is 15.3. The summed E-state index contributed by atoms with van der Waals surface area (Å²) in [4.78, 5) is 25.9. The molecule has 1 aliphatic rings. The van der Waals surface area contributed by atoms with Crippen molar-refractivity contribution in [1.82, 2.24) is 10.0 Å². The van der Waals surface area contributed by atoms with Gasteiger partial charge < -0.3 is 10.1 Å². The van der Waals surface area contributed by atoms with E-state index in [0.717, 1.165) is 12.1 Å². The molecule has 0 unspecified atom stereocenters. The largest absolute Gasteiger partial charge is 0.493 e. The van der Waals surface area contributed by atoms with Crippen molar-refractivity contribution in [3.63, 3.8) is 0 Å². The third-order valence-corrected chi connectivity index (χ3v) is 7.02. The Morgan fingerprint density at radius 2 is 1.67 bits per heavy atom. The Bertz CT molecular complexity index is 1470. The van der Waals surface area contributed by atoms with E-state index in [1.165, 1.54) is 24.3 Å². The number of benzene rings is 2. The SMILES string of the molecule is Cc1ccc(C2=C(C(=O)NS(C)(=O)=O)C(=O)N[C@@](c3ccc(OCCCCCC(F)(F)F)cc3F)(C(F)(F)F)C2)cc1. The molecule has 0 radical (unpaired) electrons. The van der Waals surface area contributed by atoms with Crippen molar-refractivity contribution in [2.24, 2.45) is 0 Å². The second-order valence-corrected chi connectivity index (χ2v) is 11.6. The standard InChI is InChI=1S/C27H27F7N2O5S/c1-16-6-8-17(9-7-16)19-15-25(27(32,33)34,35-23(37)22(19)24(38)36-42(2,39)40)20-11-10-18(14-21(20)28)41-13-5-3-4-12-26(29,30)31/h6-11,14H,3-5,12-13,15H2,1-2H3,(H,35,37)(H,36,38)/t25-/m0/s1. The van der Waals surface area contributed by atoms with Gasteiger partial charge in [0, 0.05) is 24.5 Å². The van der Waals surface area contributed by atoms with Gasteiger partial charge in [0.2, 0.25) is 10.0 Å². The number of hydrogen-bond acceptors (Lipinski definition) is 5. The highest BCUT2D eigenvalue weighted by Gasteiger charge is 2.61. The van der Waals surface area contributed by atoms with Crippen LogP contribution in [-0.2, 0) is 25.2 Å². The molecule has 2 amide bonds. The number of hydrogen-bond donors (Lipinski definition) is 2. The van der Waals surface area contributed by atoms with Gasteiger partial charge in [-0.2, -0.15) is 26.3 Å². The molecule has 15 heteroatoms. The van der Waals surface area contributed by atoms with Crippen molar-refractivity contribution >= 4 is 27.4 Å². The Balaban J connectivity index is 1.99. The Kier molecular flexibility index (Phi) is 9.64. The first-order valence-electron chi connectivity index (χ1n) is 12.5. The van der Waals surface area contributed by atoms with Gasteiger partial charge in [0.05, 0.1) is 12.9 Å². The van der Waals surface area contributed by atoms with Crippen LogP contribution in [0.5, 0.6) is 5.75 Å². The zero-order chi connectivity index (χ0) is 31.5. The highest BCUT2D eigenvalue weighted by Crippen LogP contribution is 2.49. The van der Waals surface area contributed by atoms with Crippen LogP contribution < -0.4 is 14.8 Å². The summed E-state index contributed by atoms with van der Waals surface area (Å²) in [6.45, 7) is 1.57. The van der Waals surface area contributed by atoms with Crippen LogP contribution in [-0.4, -0.2) is 45.4 Å². The molecular weight excluding hydrogens is 597 g/mol. The first-order valence-corrected chi connectivity index (χ1v) is 14.4. The molecule has 1 heterocycles. The first kappa shape index (κ1) is 32.9. The van der Waals surface area contributed by atoms with Gasteiger partial charge in [-0.3, -0.25) is 9.59 Å². The number of ether oxygens (including phenoxy) is 1. The number of carbonyl (C=O) groups excluding carboxylic acids is 2. The summed E-state index contributed by atoms with van der Waals surface area (Å²) >= 11 is 0. The minimum Gasteiger partial charge on any atom is -0.493 e. The molecule has 42 heavy (non-hydrogen) atoms. The van der Waals surface area contributed by atoms with Gasteiger partial charge in [-0.05, 0) is 49.5 Å². The molecule has 0 saturated carbocycles. The molecule has 1 aliphatic heterocycles. The summed E-state index contributed by atoms with van der Waals surface area (Å²) in [5.41, 5.74) is -4.99. The number of carbonyl (C=O) groups is 2. The van der Waals surface area contributed by atoms with Gasteiger partial charge >= 0.3 is 12.4 Å². The molecule has 230 valence electrons. The topological polar surface area (TPSA) is 102 Å². The number of halogens is 7. The Hall–Kier alpha value is -3.62. The Labute approximate surface area is 237 Å². The smallest absolute Gasteiger partial charge is 0.416 e. The number of amides is 2. The molecule has 1 atom stereocenters. The lowest BCUT2D eigenvalue weighted by Gasteiger charge is -2.41. The second kappa shape index (κ2) is 12.3. The predicted molar refractivity (Wildman–Crippen MR) is 138 cm³/mol. The van der Waals surface area contributed by atoms with Crippen molar-refractivity contribution in [1.29, 1.82) is 0 Å². The highest BCUT2D eigenvalue weighted by molar-refractivity contribution is 7.89. The first-order chi connectivity index (χ1) is 19.3. The lowest BCUT2D eigenvalue weighted by molar-refractivity contribution is -0.202. The van der Waals surface area contributed by atoms with E-state index in [1.54, 1.807) is 17.0 Å². The molecule has 0 aromatic heterocycles. The lowest BCUT2D eigenvalue weighted by Crippen LogP contribution is -2.60. The second-order valence-electron chi connectivity index (χ2n) is 9.87. The summed E-state index contributed by atoms with van der Waals surface area (Å²) in [7, 11) is -4.21. The van der Waals surface area contributed by atoms with Crippen molar-refractivity contribution in [2.45, 2.75) is 56.9 Å². The summed E-state index contributed by atoms with van der Waals surface area (Å²) < 4.78 is 127. The number of unbranched alkanes of at least 4 members (excludes halogenated alkanes) is 2. The average Bonchev–Trinajstić information content (AvgIpc) is 2.83. The monoisotopic (exact) mass is 624 g/mol. The van der Waals surface area contributed by atoms with Crippen LogP contribution in [0.25, 0.3) is 5.57 Å². The van der Waals surface area contributed by atoms with Crippen LogP contribution in [0.4, 0.5) is 30.7 Å². The van der Waals surface area contributed by atoms with E-state index in [9.17, 15) is 44.3 Å². The van der Waals surface area contributed by atoms with E-state index in [2.05, 4.69) is 0 Å². The maximum absolute atomic E-state index is 15.3. The summed E-state index contributed by atoms with van der Waals surface area (Å²) in [6.07, 6.45) is -10.9. The molecule has 2 aromatic rings. The number of alkyl halides is 6. The van der Waals surface area contributed by atoms with Gasteiger partial charge in [-0.25, -0.2) is 17.5 Å². The molecule has 0 fully saturated rings. The molecule has 0 aliphatic carbocycles. The van der Waals surface area contributed by atoms with Gasteiger partial charge in [-0.15, -0.1) is 0 Å². The minimum absolute atomic E-state index is 0.00797. The lowest BCUT2D eigenvalue weighted by atomic mass is 9.76. The van der Waals surface area contributed by atoms with E-state index >= 15 is 4.39 Å². The summed E-state index contributed by atoms with van der Waals surface area (Å²) in [5, 5.41) is 1.70. The van der Waals surface area contributed by atoms with Crippen molar-refractivity contribution in [3.05, 3.63) is 70.5 Å². The van der Waals surface area contributed by atoms with Crippen molar-refractivity contribution in [2.75, 3.05) is 12.9 Å². The molecule has 2 N–H and O–H groups in total. The zero-order valence-electron chi connectivity index (χ0n) is 22.4. The fraction of sp³-hybridized carbons (Fsp3) is 0.407. The number of sulfonamides is 1. The predicted octanol–water partition coefficient (Wildman–Crippen LogP) is 5.44. The molecule has 3 rings (SSSR count). The quantitative estimate of drug-likeness (QED) is 0.208. The third kappa shape index (κ3) is 8.01. The molecule has 0 saturated heterocycles. The Morgan fingerprint density at radius 3 is 2.21 bits per heavy atom. The normalized spacial score (nSPS) is 18.1. The molecule has 2 aromatic carbocycles. The van der Waals surface area contributed by atoms with Crippen LogP contribution in [0.2, 0.25) is 0 Å². The van der Waals surface area contributed by atoms with E-state index in [-0.39, 0.29) is 37.2 Å². The molecule has 0 spiro atoms. The zero-order valence-corrected chi connectivity index (χ0v) is 23.2. The van der Waals surface area contributed by atoms with Crippen LogP contribution in [0.3, 0.4) is 0 Å². The fourth-order valence-corrected chi connectivity index (χ4v) is 4.90. The van der Waals surface area contributed by atoms with Gasteiger partial charge in [0.1, 0.15) is 17.1 Å². The number of aryl methyl sites for hydroxylation is 1. The third-order valence-electron chi connectivity index (χ3n) is 6.46. The highest BCUT2D eigenvalue weighted by atomic mass is 32.2. The van der Waals surface area contributed by atoms with Gasteiger partial charge in [0.25, 0.3) is 11.8 Å². The van der Waals surface area contributed by atoms with Crippen LogP contribution in [0, 0.1) is 12.7 Å². The molecule has 0 bridgehead atoms. The minimum atomic E-state index is -5.31.